The Bertz CT molecular complexity index is 447. The molecule has 0 aromatic heterocycles. The van der Waals surface area contributed by atoms with Gasteiger partial charge in [0.05, 0.1) is 18.2 Å². The van der Waals surface area contributed by atoms with E-state index >= 15 is 0 Å². The summed E-state index contributed by atoms with van der Waals surface area (Å²) in [7, 11) is 1.68. The summed E-state index contributed by atoms with van der Waals surface area (Å²) in [5.74, 6) is 1.57. The molecule has 120 valence electrons. The molecule has 0 atom stereocenters. The average Bonchev–Trinajstić information content (AvgIpc) is 2.43. The van der Waals surface area contributed by atoms with Crippen LogP contribution in [0.1, 0.15) is 52.5 Å². The first kappa shape index (κ1) is 18.3. The lowest BCUT2D eigenvalue weighted by Crippen LogP contribution is -2.38. The fourth-order valence-corrected chi connectivity index (χ4v) is 2.88. The number of halogens is 1. The molecule has 0 bridgehead atoms. The minimum Gasteiger partial charge on any atom is -0.493 e. The molecule has 0 spiro atoms. The second-order valence-electron chi connectivity index (χ2n) is 5.94. The van der Waals surface area contributed by atoms with Crippen LogP contribution in [0.2, 0.25) is 0 Å². The minimum atomic E-state index is 0.145. The third kappa shape index (κ3) is 5.87. The Morgan fingerprint density at radius 1 is 1.19 bits per heavy atom. The summed E-state index contributed by atoms with van der Waals surface area (Å²) in [6.07, 6.45) is 3.31. The van der Waals surface area contributed by atoms with Crippen LogP contribution in [0, 0.1) is 0 Å². The average molecular weight is 358 g/mol. The number of hydrogen-bond acceptors (Lipinski definition) is 3. The maximum atomic E-state index is 5.75. The summed E-state index contributed by atoms with van der Waals surface area (Å²) in [6, 6.07) is 4.15. The number of hydrogen-bond donors (Lipinski definition) is 1. The van der Waals surface area contributed by atoms with Gasteiger partial charge in [-0.3, -0.25) is 0 Å². The highest BCUT2D eigenvalue weighted by atomic mass is 79.9. The maximum absolute atomic E-state index is 5.75. The van der Waals surface area contributed by atoms with Crippen LogP contribution in [0.3, 0.4) is 0 Å². The first-order valence-electron chi connectivity index (χ1n) is 7.67. The zero-order valence-electron chi connectivity index (χ0n) is 13.9. The molecule has 1 aromatic carbocycles. The molecule has 0 fully saturated rings. The van der Waals surface area contributed by atoms with Crippen molar-refractivity contribution >= 4 is 15.9 Å². The van der Waals surface area contributed by atoms with Gasteiger partial charge in [0.15, 0.2) is 11.5 Å². The number of nitrogens with one attached hydrogen (secondary N) is 1. The largest absolute Gasteiger partial charge is 0.493 e. The van der Waals surface area contributed by atoms with E-state index in [0.717, 1.165) is 35.4 Å². The van der Waals surface area contributed by atoms with Gasteiger partial charge in [-0.1, -0.05) is 20.3 Å². The van der Waals surface area contributed by atoms with Gasteiger partial charge < -0.3 is 14.8 Å². The van der Waals surface area contributed by atoms with E-state index in [4.69, 9.17) is 9.47 Å². The number of benzene rings is 1. The van der Waals surface area contributed by atoms with E-state index in [0.29, 0.717) is 6.61 Å². The van der Waals surface area contributed by atoms with Crippen molar-refractivity contribution in [3.63, 3.8) is 0 Å². The summed E-state index contributed by atoms with van der Waals surface area (Å²) < 4.78 is 12.2. The Kier molecular flexibility index (Phi) is 7.53. The highest BCUT2D eigenvalue weighted by Crippen LogP contribution is 2.36. The molecule has 0 amide bonds. The Morgan fingerprint density at radius 2 is 1.90 bits per heavy atom. The smallest absolute Gasteiger partial charge is 0.175 e. The van der Waals surface area contributed by atoms with Crippen LogP contribution in [0.25, 0.3) is 0 Å². The maximum Gasteiger partial charge on any atom is 0.175 e. The van der Waals surface area contributed by atoms with Crippen molar-refractivity contribution in [2.75, 3.05) is 13.7 Å². The first-order valence-corrected chi connectivity index (χ1v) is 8.47. The normalized spacial score (nSPS) is 11.5. The zero-order chi connectivity index (χ0) is 15.9. The lowest BCUT2D eigenvalue weighted by atomic mass is 9.98. The Labute approximate surface area is 137 Å². The zero-order valence-corrected chi connectivity index (χ0v) is 15.5. The predicted octanol–water partition coefficient (Wildman–Crippen LogP) is 4.91. The third-order valence-corrected chi connectivity index (χ3v) is 3.97. The highest BCUT2D eigenvalue weighted by Gasteiger charge is 2.17. The van der Waals surface area contributed by atoms with Crippen molar-refractivity contribution in [3.8, 4) is 11.5 Å². The van der Waals surface area contributed by atoms with E-state index in [1.165, 1.54) is 12.0 Å². The van der Waals surface area contributed by atoms with Crippen LogP contribution in [0.15, 0.2) is 16.6 Å². The van der Waals surface area contributed by atoms with Gasteiger partial charge in [-0.2, -0.15) is 0 Å². The fraction of sp³-hybridized carbons (Fsp3) is 0.647. The number of ether oxygens (including phenoxy) is 2. The summed E-state index contributed by atoms with van der Waals surface area (Å²) in [5, 5.41) is 3.60. The van der Waals surface area contributed by atoms with Gasteiger partial charge in [-0.15, -0.1) is 0 Å². The van der Waals surface area contributed by atoms with Crippen molar-refractivity contribution in [2.24, 2.45) is 0 Å². The lowest BCUT2D eigenvalue weighted by Gasteiger charge is -2.26. The van der Waals surface area contributed by atoms with Crippen LogP contribution >= 0.6 is 15.9 Å². The fourth-order valence-electron chi connectivity index (χ4n) is 2.27. The van der Waals surface area contributed by atoms with Gasteiger partial charge in [-0.25, -0.2) is 0 Å². The Hall–Kier alpha value is -0.740. The van der Waals surface area contributed by atoms with Crippen LogP contribution in [0.4, 0.5) is 0 Å². The molecule has 1 rings (SSSR count). The third-order valence-electron chi connectivity index (χ3n) is 3.39. The van der Waals surface area contributed by atoms with Gasteiger partial charge in [0.25, 0.3) is 0 Å². The summed E-state index contributed by atoms with van der Waals surface area (Å²) in [5.41, 5.74) is 1.33. The van der Waals surface area contributed by atoms with E-state index in [2.05, 4.69) is 55.0 Å². The molecule has 1 aromatic rings. The molecule has 0 aliphatic carbocycles. The second kappa shape index (κ2) is 8.64. The molecule has 0 saturated carbocycles. The van der Waals surface area contributed by atoms with Gasteiger partial charge in [-0.05, 0) is 60.3 Å². The van der Waals surface area contributed by atoms with E-state index in [1.807, 2.05) is 6.07 Å². The predicted molar refractivity (Wildman–Crippen MR) is 92.3 cm³/mol. The summed E-state index contributed by atoms with van der Waals surface area (Å²) in [6.45, 7) is 10.3. The number of methoxy groups -OCH3 is 1. The van der Waals surface area contributed by atoms with Crippen LogP contribution in [0.5, 0.6) is 11.5 Å². The van der Waals surface area contributed by atoms with Crippen LogP contribution < -0.4 is 14.8 Å². The van der Waals surface area contributed by atoms with Crippen molar-refractivity contribution < 1.29 is 9.47 Å². The molecule has 0 heterocycles. The molecule has 0 saturated heterocycles. The topological polar surface area (TPSA) is 30.5 Å². The van der Waals surface area contributed by atoms with Crippen molar-refractivity contribution in [2.45, 2.75) is 59.0 Å². The van der Waals surface area contributed by atoms with Gasteiger partial charge in [0.1, 0.15) is 0 Å². The number of rotatable bonds is 9. The van der Waals surface area contributed by atoms with E-state index < -0.39 is 0 Å². The van der Waals surface area contributed by atoms with Crippen molar-refractivity contribution in [1.29, 1.82) is 0 Å². The summed E-state index contributed by atoms with van der Waals surface area (Å²) in [4.78, 5) is 0. The summed E-state index contributed by atoms with van der Waals surface area (Å²) >= 11 is 3.59. The van der Waals surface area contributed by atoms with E-state index in [9.17, 15) is 0 Å². The highest BCUT2D eigenvalue weighted by molar-refractivity contribution is 9.10. The molecule has 4 heteroatoms. The molecule has 0 unspecified atom stereocenters. The second-order valence-corrected chi connectivity index (χ2v) is 6.80. The molecule has 1 N–H and O–H groups in total. The van der Waals surface area contributed by atoms with Crippen molar-refractivity contribution in [1.82, 2.24) is 5.32 Å². The molecule has 0 aliphatic heterocycles. The molecular weight excluding hydrogens is 330 g/mol. The standard InChI is InChI=1S/C17H28BrNO2/c1-6-8-17(3,4)19-12-13-10-14(18)16(21-9-7-2)15(11-13)20-5/h10-11,19H,6-9,12H2,1-5H3. The van der Waals surface area contributed by atoms with E-state index in [-0.39, 0.29) is 5.54 Å². The lowest BCUT2D eigenvalue weighted by molar-refractivity contribution is 0.292. The first-order chi connectivity index (χ1) is 9.93. The quantitative estimate of drug-likeness (QED) is 0.680. The molecule has 21 heavy (non-hydrogen) atoms. The molecule has 3 nitrogen and oxygen atoms in total. The molecule has 0 aliphatic rings. The van der Waals surface area contributed by atoms with Gasteiger partial charge >= 0.3 is 0 Å². The Balaban J connectivity index is 2.83. The Morgan fingerprint density at radius 3 is 2.48 bits per heavy atom. The van der Waals surface area contributed by atoms with Gasteiger partial charge in [0, 0.05) is 12.1 Å². The monoisotopic (exact) mass is 357 g/mol. The van der Waals surface area contributed by atoms with E-state index in [1.54, 1.807) is 7.11 Å². The van der Waals surface area contributed by atoms with Gasteiger partial charge in [0.2, 0.25) is 0 Å². The molecule has 0 radical (unpaired) electrons. The van der Waals surface area contributed by atoms with Crippen molar-refractivity contribution in [3.05, 3.63) is 22.2 Å². The molecular formula is C17H28BrNO2. The minimum absolute atomic E-state index is 0.145. The van der Waals surface area contributed by atoms with Crippen LogP contribution in [-0.4, -0.2) is 19.3 Å². The SMILES string of the molecule is CCCOc1c(Br)cc(CNC(C)(C)CCC)cc1OC. The van der Waals surface area contributed by atoms with Crippen LogP contribution in [-0.2, 0) is 6.54 Å².